The summed E-state index contributed by atoms with van der Waals surface area (Å²) in [4.78, 5) is 6.43. The fourth-order valence-electron chi connectivity index (χ4n) is 3.27. The number of nitrogens with zero attached hydrogens (tertiary/aromatic N) is 1. The van der Waals surface area contributed by atoms with Crippen molar-refractivity contribution in [2.24, 2.45) is 5.73 Å². The fraction of sp³-hybridized carbons (Fsp3) is 0.800. The molecule has 1 atom stereocenters. The molecule has 0 spiro atoms. The van der Waals surface area contributed by atoms with Crippen LogP contribution in [0.25, 0.3) is 0 Å². The zero-order valence-corrected chi connectivity index (χ0v) is 13.2. The number of hydrogen-bond donors (Lipinski definition) is 1. The van der Waals surface area contributed by atoms with Crippen LogP contribution in [0.4, 0.5) is 0 Å². The van der Waals surface area contributed by atoms with Crippen LogP contribution in [0, 0.1) is 0 Å². The molecule has 0 aliphatic heterocycles. The maximum Gasteiger partial charge on any atom is 0.103 e. The van der Waals surface area contributed by atoms with E-state index in [4.69, 9.17) is 10.7 Å². The molecular formula is C15H24N2S2. The van der Waals surface area contributed by atoms with Gasteiger partial charge in [0.25, 0.3) is 0 Å². The molecule has 2 nitrogen and oxygen atoms in total. The Labute approximate surface area is 124 Å². The number of aryl methyl sites for hydroxylation is 1. The van der Waals surface area contributed by atoms with Crippen molar-refractivity contribution in [1.29, 1.82) is 0 Å². The molecule has 106 valence electrons. The van der Waals surface area contributed by atoms with Gasteiger partial charge < -0.3 is 5.73 Å². The highest BCUT2D eigenvalue weighted by Gasteiger charge is 2.24. The summed E-state index contributed by atoms with van der Waals surface area (Å²) in [6.45, 7) is 0.770. The molecule has 0 saturated heterocycles. The summed E-state index contributed by atoms with van der Waals surface area (Å²) in [5.74, 6) is 1.66. The van der Waals surface area contributed by atoms with Crippen molar-refractivity contribution < 1.29 is 0 Å². The van der Waals surface area contributed by atoms with Gasteiger partial charge in [-0.2, -0.15) is 11.8 Å². The van der Waals surface area contributed by atoms with Gasteiger partial charge in [0.1, 0.15) is 5.01 Å². The summed E-state index contributed by atoms with van der Waals surface area (Å²) in [5, 5.41) is 2.24. The Hall–Kier alpha value is -0.0600. The van der Waals surface area contributed by atoms with Crippen LogP contribution in [0.1, 0.15) is 66.4 Å². The molecule has 2 aliphatic rings. The molecule has 0 bridgehead atoms. The molecule has 1 aromatic heterocycles. The molecule has 1 fully saturated rings. The van der Waals surface area contributed by atoms with E-state index in [2.05, 4.69) is 11.8 Å². The van der Waals surface area contributed by atoms with E-state index in [1.54, 1.807) is 0 Å². The van der Waals surface area contributed by atoms with Gasteiger partial charge in [-0.05, 0) is 32.1 Å². The van der Waals surface area contributed by atoms with E-state index in [-0.39, 0.29) is 0 Å². The lowest BCUT2D eigenvalue weighted by Crippen LogP contribution is -2.17. The third kappa shape index (κ3) is 3.34. The van der Waals surface area contributed by atoms with E-state index in [0.29, 0.717) is 5.92 Å². The molecule has 2 aliphatic carbocycles. The minimum absolute atomic E-state index is 0.536. The Morgan fingerprint density at radius 2 is 2.00 bits per heavy atom. The van der Waals surface area contributed by atoms with Crippen LogP contribution in [-0.2, 0) is 12.2 Å². The van der Waals surface area contributed by atoms with Gasteiger partial charge in [-0.15, -0.1) is 11.3 Å². The standard InChI is InChI=1S/C15H24N2S2/c16-9-11-5-4-8-13-15(11)17-14(19-13)10-18-12-6-2-1-3-7-12/h11-12H,1-10,16H2. The topological polar surface area (TPSA) is 38.9 Å². The predicted octanol–water partition coefficient (Wildman–Crippen LogP) is 4.09. The quantitative estimate of drug-likeness (QED) is 0.909. The van der Waals surface area contributed by atoms with Crippen LogP contribution < -0.4 is 5.73 Å². The summed E-state index contributed by atoms with van der Waals surface area (Å²) in [6.07, 6.45) is 10.9. The molecule has 3 rings (SSSR count). The lowest BCUT2D eigenvalue weighted by molar-refractivity contribution is 0.516. The zero-order valence-electron chi connectivity index (χ0n) is 11.6. The minimum atomic E-state index is 0.536. The van der Waals surface area contributed by atoms with Gasteiger partial charge in [-0.25, -0.2) is 4.98 Å². The Bertz CT molecular complexity index is 410. The second kappa shape index (κ2) is 6.59. The average molecular weight is 297 g/mol. The zero-order chi connectivity index (χ0) is 13.1. The van der Waals surface area contributed by atoms with Gasteiger partial charge in [0.15, 0.2) is 0 Å². The summed E-state index contributed by atoms with van der Waals surface area (Å²) in [5.41, 5.74) is 7.22. The van der Waals surface area contributed by atoms with Gasteiger partial charge in [0.05, 0.1) is 5.69 Å². The maximum atomic E-state index is 5.88. The Balaban J connectivity index is 1.60. The first-order chi connectivity index (χ1) is 9.36. The number of hydrogen-bond acceptors (Lipinski definition) is 4. The van der Waals surface area contributed by atoms with Crippen molar-refractivity contribution in [2.45, 2.75) is 68.3 Å². The molecule has 1 aromatic rings. The third-order valence-corrected chi connectivity index (χ3v) is 7.09. The number of thiazole rings is 1. The lowest BCUT2D eigenvalue weighted by Gasteiger charge is -2.20. The summed E-state index contributed by atoms with van der Waals surface area (Å²) >= 11 is 4.09. The van der Waals surface area contributed by atoms with Crippen molar-refractivity contribution in [3.05, 3.63) is 15.6 Å². The highest BCUT2D eigenvalue weighted by atomic mass is 32.2. The van der Waals surface area contributed by atoms with Crippen molar-refractivity contribution in [1.82, 2.24) is 4.98 Å². The first kappa shape index (κ1) is 13.9. The first-order valence-corrected chi connectivity index (χ1v) is 9.53. The highest BCUT2D eigenvalue weighted by molar-refractivity contribution is 7.99. The van der Waals surface area contributed by atoms with Gasteiger partial charge in [0.2, 0.25) is 0 Å². The molecule has 1 saturated carbocycles. The van der Waals surface area contributed by atoms with Crippen LogP contribution in [0.2, 0.25) is 0 Å². The number of thioether (sulfide) groups is 1. The average Bonchev–Trinajstić information content (AvgIpc) is 2.89. The van der Waals surface area contributed by atoms with E-state index in [1.165, 1.54) is 66.9 Å². The molecule has 2 N–H and O–H groups in total. The molecule has 19 heavy (non-hydrogen) atoms. The van der Waals surface area contributed by atoms with Crippen molar-refractivity contribution in [2.75, 3.05) is 6.54 Å². The summed E-state index contributed by atoms with van der Waals surface area (Å²) < 4.78 is 0. The number of fused-ring (bicyclic) bond motifs is 1. The second-order valence-electron chi connectivity index (χ2n) is 5.81. The van der Waals surface area contributed by atoms with E-state index < -0.39 is 0 Å². The number of rotatable bonds is 4. The van der Waals surface area contributed by atoms with Crippen LogP contribution in [-0.4, -0.2) is 16.8 Å². The molecule has 1 unspecified atom stereocenters. The van der Waals surface area contributed by atoms with Crippen LogP contribution in [0.15, 0.2) is 0 Å². The lowest BCUT2D eigenvalue weighted by atomic mass is 9.91. The maximum absolute atomic E-state index is 5.88. The van der Waals surface area contributed by atoms with E-state index in [0.717, 1.165) is 17.5 Å². The summed E-state index contributed by atoms with van der Waals surface area (Å²) in [7, 11) is 0. The van der Waals surface area contributed by atoms with E-state index in [9.17, 15) is 0 Å². The van der Waals surface area contributed by atoms with E-state index in [1.807, 2.05) is 11.3 Å². The third-order valence-electron chi connectivity index (χ3n) is 4.39. The predicted molar refractivity (Wildman–Crippen MR) is 85.0 cm³/mol. The Morgan fingerprint density at radius 1 is 1.16 bits per heavy atom. The van der Waals surface area contributed by atoms with Gasteiger partial charge in [-0.3, -0.25) is 0 Å². The van der Waals surface area contributed by atoms with Crippen molar-refractivity contribution >= 4 is 23.1 Å². The number of nitrogens with two attached hydrogens (primary N) is 1. The van der Waals surface area contributed by atoms with E-state index >= 15 is 0 Å². The molecule has 0 radical (unpaired) electrons. The first-order valence-electron chi connectivity index (χ1n) is 7.67. The van der Waals surface area contributed by atoms with Crippen LogP contribution in [0.5, 0.6) is 0 Å². The van der Waals surface area contributed by atoms with Gasteiger partial charge in [0, 0.05) is 28.3 Å². The molecular weight excluding hydrogens is 272 g/mol. The SMILES string of the molecule is NCC1CCCc2sc(CSC3CCCCC3)nc21. The second-order valence-corrected chi connectivity index (χ2v) is 8.27. The van der Waals surface area contributed by atoms with Gasteiger partial charge in [-0.1, -0.05) is 19.3 Å². The minimum Gasteiger partial charge on any atom is -0.330 e. The molecule has 1 heterocycles. The normalized spacial score (nSPS) is 24.4. The van der Waals surface area contributed by atoms with Crippen molar-refractivity contribution in [3.63, 3.8) is 0 Å². The molecule has 0 aromatic carbocycles. The summed E-state index contributed by atoms with van der Waals surface area (Å²) in [6, 6.07) is 0. The smallest absolute Gasteiger partial charge is 0.103 e. The Kier molecular flexibility index (Phi) is 4.83. The number of aromatic nitrogens is 1. The fourth-order valence-corrected chi connectivity index (χ4v) is 5.81. The van der Waals surface area contributed by atoms with Crippen molar-refractivity contribution in [3.8, 4) is 0 Å². The van der Waals surface area contributed by atoms with Crippen LogP contribution in [0.3, 0.4) is 0 Å². The Morgan fingerprint density at radius 3 is 2.79 bits per heavy atom. The largest absolute Gasteiger partial charge is 0.330 e. The monoisotopic (exact) mass is 296 g/mol. The van der Waals surface area contributed by atoms with Crippen LogP contribution >= 0.6 is 23.1 Å². The highest BCUT2D eigenvalue weighted by Crippen LogP contribution is 2.37. The molecule has 0 amide bonds. The molecule has 4 heteroatoms. The van der Waals surface area contributed by atoms with Gasteiger partial charge >= 0.3 is 0 Å².